The zero-order chi connectivity index (χ0) is 17.2. The molecule has 0 aliphatic carbocycles. The van der Waals surface area contributed by atoms with Gasteiger partial charge in [-0.05, 0) is 42.5 Å². The van der Waals surface area contributed by atoms with E-state index < -0.39 is 0 Å². The number of halogens is 1. The molecule has 4 rings (SSSR count). The number of aromatic hydroxyl groups is 1. The van der Waals surface area contributed by atoms with Crippen molar-refractivity contribution in [2.45, 2.75) is 0 Å². The fourth-order valence-corrected chi connectivity index (χ4v) is 3.01. The first-order chi connectivity index (χ1) is 12.2. The van der Waals surface area contributed by atoms with E-state index in [1.165, 1.54) is 0 Å². The number of imidazole rings is 1. The average molecular weight is 392 g/mol. The minimum absolute atomic E-state index is 0.188. The second-order valence-electron chi connectivity index (χ2n) is 5.58. The molecule has 0 atom stereocenters. The lowest BCUT2D eigenvalue weighted by molar-refractivity contribution is 0.474. The van der Waals surface area contributed by atoms with Crippen LogP contribution in [0.5, 0.6) is 5.75 Å². The fraction of sp³-hybridized carbons (Fsp3) is 0. The van der Waals surface area contributed by atoms with Gasteiger partial charge in [0.15, 0.2) is 0 Å². The number of benzene rings is 3. The Bertz CT molecular complexity index is 1050. The van der Waals surface area contributed by atoms with Gasteiger partial charge in [0.25, 0.3) is 0 Å². The van der Waals surface area contributed by atoms with Crippen molar-refractivity contribution in [3.8, 4) is 17.1 Å². The SMILES string of the molecule is Oc1ccc(Br)cc1C=Nc1ccccc1-c1nc2ccccc2[nH]1. The van der Waals surface area contributed by atoms with Crippen LogP contribution in [0.15, 0.2) is 76.2 Å². The highest BCUT2D eigenvalue weighted by molar-refractivity contribution is 9.10. The summed E-state index contributed by atoms with van der Waals surface area (Å²) >= 11 is 3.41. The molecule has 2 N–H and O–H groups in total. The third-order valence-electron chi connectivity index (χ3n) is 3.88. The molecule has 4 nitrogen and oxygen atoms in total. The Morgan fingerprint density at radius 3 is 2.68 bits per heavy atom. The van der Waals surface area contributed by atoms with Crippen LogP contribution < -0.4 is 0 Å². The first kappa shape index (κ1) is 15.6. The standard InChI is InChI=1S/C20H14BrN3O/c21-14-9-10-19(25)13(11-14)12-22-16-6-2-1-5-15(16)20-23-17-7-3-4-8-18(17)24-20/h1-12,25H,(H,23,24). The summed E-state index contributed by atoms with van der Waals surface area (Å²) in [6.45, 7) is 0. The zero-order valence-corrected chi connectivity index (χ0v) is 14.7. The maximum atomic E-state index is 9.96. The van der Waals surface area contributed by atoms with Crippen LogP contribution >= 0.6 is 15.9 Å². The summed E-state index contributed by atoms with van der Waals surface area (Å²) in [5, 5.41) is 9.96. The van der Waals surface area contributed by atoms with E-state index in [0.717, 1.165) is 32.6 Å². The normalized spacial score (nSPS) is 11.4. The highest BCUT2D eigenvalue weighted by atomic mass is 79.9. The maximum Gasteiger partial charge on any atom is 0.140 e. The van der Waals surface area contributed by atoms with Gasteiger partial charge in [-0.25, -0.2) is 4.98 Å². The van der Waals surface area contributed by atoms with Crippen molar-refractivity contribution in [3.63, 3.8) is 0 Å². The van der Waals surface area contributed by atoms with Crippen LogP contribution in [0.3, 0.4) is 0 Å². The molecule has 5 heteroatoms. The molecule has 1 aromatic heterocycles. The Morgan fingerprint density at radius 1 is 1.00 bits per heavy atom. The number of hydrogen-bond acceptors (Lipinski definition) is 3. The van der Waals surface area contributed by atoms with Gasteiger partial charge in [0, 0.05) is 21.8 Å². The monoisotopic (exact) mass is 391 g/mol. The molecule has 0 saturated heterocycles. The van der Waals surface area contributed by atoms with E-state index in [-0.39, 0.29) is 5.75 Å². The van der Waals surface area contributed by atoms with Crippen molar-refractivity contribution in [2.75, 3.05) is 0 Å². The number of nitrogens with zero attached hydrogens (tertiary/aromatic N) is 2. The van der Waals surface area contributed by atoms with Gasteiger partial charge in [0.2, 0.25) is 0 Å². The predicted octanol–water partition coefficient (Wildman–Crippen LogP) is 5.45. The number of phenolic OH excluding ortho intramolecular Hbond substituents is 1. The van der Waals surface area contributed by atoms with E-state index in [1.54, 1.807) is 18.3 Å². The van der Waals surface area contributed by atoms with Gasteiger partial charge in [-0.2, -0.15) is 0 Å². The van der Waals surface area contributed by atoms with Crippen molar-refractivity contribution in [3.05, 3.63) is 76.8 Å². The number of phenols is 1. The molecule has 0 fully saturated rings. The number of fused-ring (bicyclic) bond motifs is 1. The lowest BCUT2D eigenvalue weighted by Gasteiger charge is -2.03. The number of aromatic amines is 1. The van der Waals surface area contributed by atoms with Crippen LogP contribution in [-0.4, -0.2) is 21.3 Å². The number of H-pyrrole nitrogens is 1. The number of hydrogen-bond donors (Lipinski definition) is 2. The Balaban J connectivity index is 1.76. The van der Waals surface area contributed by atoms with Crippen molar-refractivity contribution in [1.29, 1.82) is 0 Å². The van der Waals surface area contributed by atoms with Gasteiger partial charge in [-0.15, -0.1) is 0 Å². The molecule has 4 aromatic rings. The maximum absolute atomic E-state index is 9.96. The molecular formula is C20H14BrN3O. The van der Waals surface area contributed by atoms with Gasteiger partial charge in [0.1, 0.15) is 11.6 Å². The second-order valence-corrected chi connectivity index (χ2v) is 6.50. The van der Waals surface area contributed by atoms with Crippen molar-refractivity contribution >= 4 is 38.9 Å². The Morgan fingerprint density at radius 2 is 1.80 bits per heavy atom. The van der Waals surface area contributed by atoms with E-state index in [4.69, 9.17) is 0 Å². The van der Waals surface area contributed by atoms with Crippen LogP contribution in [0.2, 0.25) is 0 Å². The molecule has 0 saturated carbocycles. The molecular weight excluding hydrogens is 378 g/mol. The minimum atomic E-state index is 0.188. The zero-order valence-electron chi connectivity index (χ0n) is 13.1. The molecule has 0 aliphatic heterocycles. The summed E-state index contributed by atoms with van der Waals surface area (Å²) in [6.07, 6.45) is 1.65. The first-order valence-corrected chi connectivity index (χ1v) is 8.57. The lowest BCUT2D eigenvalue weighted by Crippen LogP contribution is -1.85. The second kappa shape index (κ2) is 6.53. The molecule has 25 heavy (non-hydrogen) atoms. The number of rotatable bonds is 3. The van der Waals surface area contributed by atoms with Crippen molar-refractivity contribution in [2.24, 2.45) is 4.99 Å². The van der Waals surface area contributed by atoms with Gasteiger partial charge >= 0.3 is 0 Å². The average Bonchev–Trinajstić information content (AvgIpc) is 3.07. The quantitative estimate of drug-likeness (QED) is 0.456. The van der Waals surface area contributed by atoms with Crippen molar-refractivity contribution < 1.29 is 5.11 Å². The number of aromatic nitrogens is 2. The Hall–Kier alpha value is -2.92. The highest BCUT2D eigenvalue weighted by Crippen LogP contribution is 2.30. The minimum Gasteiger partial charge on any atom is -0.507 e. The number of aliphatic imine (C=N–C) groups is 1. The third-order valence-corrected chi connectivity index (χ3v) is 4.37. The third kappa shape index (κ3) is 3.19. The number of para-hydroxylation sites is 3. The molecule has 122 valence electrons. The van der Waals surface area contributed by atoms with E-state index in [2.05, 4.69) is 30.9 Å². The topological polar surface area (TPSA) is 61.3 Å². The van der Waals surface area contributed by atoms with Gasteiger partial charge in [0.05, 0.1) is 16.7 Å². The predicted molar refractivity (Wildman–Crippen MR) is 105 cm³/mol. The molecule has 0 unspecified atom stereocenters. The van der Waals surface area contributed by atoms with Crippen LogP contribution in [0.1, 0.15) is 5.56 Å². The summed E-state index contributed by atoms with van der Waals surface area (Å²) in [5.74, 6) is 0.959. The highest BCUT2D eigenvalue weighted by Gasteiger charge is 2.09. The molecule has 0 amide bonds. The van der Waals surface area contributed by atoms with Crippen LogP contribution in [0.4, 0.5) is 5.69 Å². The number of nitrogens with one attached hydrogen (secondary N) is 1. The summed E-state index contributed by atoms with van der Waals surface area (Å²) < 4.78 is 0.886. The fourth-order valence-electron chi connectivity index (χ4n) is 2.63. The molecule has 1 heterocycles. The summed E-state index contributed by atoms with van der Waals surface area (Å²) in [5.41, 5.74) is 4.24. The first-order valence-electron chi connectivity index (χ1n) is 7.77. The Kier molecular flexibility index (Phi) is 4.07. The van der Waals surface area contributed by atoms with E-state index in [1.807, 2.05) is 54.6 Å². The lowest BCUT2D eigenvalue weighted by atomic mass is 10.1. The molecule has 3 aromatic carbocycles. The molecule has 0 spiro atoms. The van der Waals surface area contributed by atoms with Crippen LogP contribution in [-0.2, 0) is 0 Å². The Labute approximate surface area is 153 Å². The van der Waals surface area contributed by atoms with E-state index >= 15 is 0 Å². The van der Waals surface area contributed by atoms with Gasteiger partial charge in [-0.1, -0.05) is 40.2 Å². The van der Waals surface area contributed by atoms with Crippen molar-refractivity contribution in [1.82, 2.24) is 9.97 Å². The smallest absolute Gasteiger partial charge is 0.140 e. The van der Waals surface area contributed by atoms with E-state index in [0.29, 0.717) is 5.56 Å². The van der Waals surface area contributed by atoms with Crippen LogP contribution in [0.25, 0.3) is 22.4 Å². The largest absolute Gasteiger partial charge is 0.507 e. The van der Waals surface area contributed by atoms with E-state index in [9.17, 15) is 5.11 Å². The summed E-state index contributed by atoms with van der Waals surface area (Å²) in [7, 11) is 0. The molecule has 0 radical (unpaired) electrons. The van der Waals surface area contributed by atoms with Gasteiger partial charge < -0.3 is 10.1 Å². The molecule has 0 bridgehead atoms. The summed E-state index contributed by atoms with van der Waals surface area (Å²) in [4.78, 5) is 12.5. The molecule has 0 aliphatic rings. The summed E-state index contributed by atoms with van der Waals surface area (Å²) in [6, 6.07) is 20.9. The van der Waals surface area contributed by atoms with Gasteiger partial charge in [-0.3, -0.25) is 4.99 Å². The van der Waals surface area contributed by atoms with Crippen LogP contribution in [0, 0.1) is 0 Å².